The maximum atomic E-state index is 9.09. The maximum Gasteiger partial charge on any atom is 0.112 e. The number of aryl methyl sites for hydroxylation is 1. The zero-order chi connectivity index (χ0) is 11.5. The van der Waals surface area contributed by atoms with E-state index in [-0.39, 0.29) is 0 Å². The van der Waals surface area contributed by atoms with E-state index in [9.17, 15) is 0 Å². The Balaban J connectivity index is 2.66. The molecule has 0 aliphatic rings. The first kappa shape index (κ1) is 10.7. The van der Waals surface area contributed by atoms with Crippen molar-refractivity contribution < 1.29 is 0 Å². The summed E-state index contributed by atoms with van der Waals surface area (Å²) in [6.45, 7) is 2.02. The lowest BCUT2D eigenvalue weighted by molar-refractivity contribution is 0.889. The van der Waals surface area contributed by atoms with Crippen LogP contribution in [0.4, 0.5) is 0 Å². The van der Waals surface area contributed by atoms with E-state index in [1.54, 1.807) is 12.3 Å². The smallest absolute Gasteiger partial charge is 0.112 e. The van der Waals surface area contributed by atoms with E-state index in [4.69, 9.17) is 16.9 Å². The predicted molar refractivity (Wildman–Crippen MR) is 62.7 cm³/mol. The molecule has 0 spiro atoms. The quantitative estimate of drug-likeness (QED) is 0.798. The highest BCUT2D eigenvalue weighted by atomic mass is 35.5. The number of rotatable bonds is 2. The van der Waals surface area contributed by atoms with Crippen LogP contribution in [0.15, 0.2) is 30.6 Å². The number of benzene rings is 1. The number of hydrogen-bond acceptors (Lipinski definition) is 2. The second-order valence-corrected chi connectivity index (χ2v) is 3.72. The van der Waals surface area contributed by atoms with E-state index in [0.717, 1.165) is 17.9 Å². The van der Waals surface area contributed by atoms with Gasteiger partial charge in [0.25, 0.3) is 0 Å². The van der Waals surface area contributed by atoms with Gasteiger partial charge in [-0.1, -0.05) is 24.6 Å². The highest BCUT2D eigenvalue weighted by Gasteiger charge is 2.10. The number of aromatic nitrogens is 2. The summed E-state index contributed by atoms with van der Waals surface area (Å²) in [7, 11) is 0. The largest absolute Gasteiger partial charge is 0.302 e. The molecular weight excluding hydrogens is 222 g/mol. The van der Waals surface area contributed by atoms with Crippen molar-refractivity contribution in [2.45, 2.75) is 13.3 Å². The van der Waals surface area contributed by atoms with Gasteiger partial charge >= 0.3 is 0 Å². The van der Waals surface area contributed by atoms with Gasteiger partial charge < -0.3 is 4.57 Å². The minimum Gasteiger partial charge on any atom is -0.302 e. The predicted octanol–water partition coefficient (Wildman–Crippen LogP) is 2.96. The minimum atomic E-state index is 0.468. The van der Waals surface area contributed by atoms with Crippen molar-refractivity contribution in [3.05, 3.63) is 47.0 Å². The van der Waals surface area contributed by atoms with Crippen LogP contribution >= 0.6 is 11.6 Å². The highest BCUT2D eigenvalue weighted by Crippen LogP contribution is 2.23. The van der Waals surface area contributed by atoms with Crippen molar-refractivity contribution >= 4 is 11.6 Å². The molecular formula is C12H10ClN3. The number of nitrogens with zero attached hydrogens (tertiary/aromatic N) is 3. The molecule has 1 heterocycles. The first-order valence-corrected chi connectivity index (χ1v) is 5.37. The maximum absolute atomic E-state index is 9.09. The van der Waals surface area contributed by atoms with E-state index in [0.29, 0.717) is 10.6 Å². The van der Waals surface area contributed by atoms with Crippen LogP contribution in [-0.4, -0.2) is 9.55 Å². The number of nitriles is 1. The Morgan fingerprint density at radius 3 is 3.00 bits per heavy atom. The van der Waals surface area contributed by atoms with Crippen LogP contribution in [0.5, 0.6) is 0 Å². The SMILES string of the molecule is CCc1nccn1-c1cccc(Cl)c1C#N. The lowest BCUT2D eigenvalue weighted by Crippen LogP contribution is -2.01. The molecule has 2 aromatic rings. The summed E-state index contributed by atoms with van der Waals surface area (Å²) in [5.74, 6) is 0.916. The third kappa shape index (κ3) is 1.68. The second kappa shape index (κ2) is 4.38. The molecule has 0 atom stereocenters. The molecule has 0 saturated carbocycles. The molecule has 0 aliphatic carbocycles. The molecule has 1 aromatic heterocycles. The van der Waals surface area contributed by atoms with Crippen LogP contribution in [-0.2, 0) is 6.42 Å². The van der Waals surface area contributed by atoms with Gasteiger partial charge in [-0.05, 0) is 12.1 Å². The van der Waals surface area contributed by atoms with E-state index >= 15 is 0 Å². The van der Waals surface area contributed by atoms with Crippen LogP contribution in [0, 0.1) is 11.3 Å². The molecule has 0 saturated heterocycles. The molecule has 0 bridgehead atoms. The van der Waals surface area contributed by atoms with Gasteiger partial charge in [0.1, 0.15) is 11.9 Å². The summed E-state index contributed by atoms with van der Waals surface area (Å²) in [6, 6.07) is 7.53. The monoisotopic (exact) mass is 231 g/mol. The Hall–Kier alpha value is -1.79. The zero-order valence-electron chi connectivity index (χ0n) is 8.81. The molecule has 16 heavy (non-hydrogen) atoms. The lowest BCUT2D eigenvalue weighted by atomic mass is 10.2. The Morgan fingerprint density at radius 1 is 1.50 bits per heavy atom. The Morgan fingerprint density at radius 2 is 2.31 bits per heavy atom. The van der Waals surface area contributed by atoms with Gasteiger partial charge in [0.2, 0.25) is 0 Å². The topological polar surface area (TPSA) is 41.6 Å². The molecule has 1 aromatic carbocycles. The summed E-state index contributed by atoms with van der Waals surface area (Å²) in [5.41, 5.74) is 1.27. The molecule has 2 rings (SSSR count). The van der Waals surface area contributed by atoms with Crippen LogP contribution in [0.1, 0.15) is 18.3 Å². The molecule has 0 fully saturated rings. The average molecular weight is 232 g/mol. The Bertz CT molecular complexity index is 552. The fourth-order valence-corrected chi connectivity index (χ4v) is 1.85. The van der Waals surface area contributed by atoms with Crippen molar-refractivity contribution in [3.63, 3.8) is 0 Å². The van der Waals surface area contributed by atoms with Gasteiger partial charge in [-0.3, -0.25) is 0 Å². The molecule has 0 aliphatic heterocycles. The lowest BCUT2D eigenvalue weighted by Gasteiger charge is -2.09. The molecule has 4 heteroatoms. The van der Waals surface area contributed by atoms with Gasteiger partial charge in [0.05, 0.1) is 16.3 Å². The third-order valence-electron chi connectivity index (χ3n) is 2.40. The van der Waals surface area contributed by atoms with Crippen molar-refractivity contribution in [1.82, 2.24) is 9.55 Å². The number of hydrogen-bond donors (Lipinski definition) is 0. The summed E-state index contributed by atoms with van der Waals surface area (Å²) in [6.07, 6.45) is 4.37. The summed E-state index contributed by atoms with van der Waals surface area (Å²) >= 11 is 5.99. The average Bonchev–Trinajstić information content (AvgIpc) is 2.76. The van der Waals surface area contributed by atoms with E-state index in [1.165, 1.54) is 0 Å². The van der Waals surface area contributed by atoms with Gasteiger partial charge in [-0.2, -0.15) is 5.26 Å². The first-order chi connectivity index (χ1) is 7.77. The van der Waals surface area contributed by atoms with Crippen molar-refractivity contribution in [2.24, 2.45) is 0 Å². The number of imidazole rings is 1. The van der Waals surface area contributed by atoms with Crippen molar-refractivity contribution in [1.29, 1.82) is 5.26 Å². The van der Waals surface area contributed by atoms with Crippen LogP contribution in [0.2, 0.25) is 5.02 Å². The highest BCUT2D eigenvalue weighted by molar-refractivity contribution is 6.32. The van der Waals surface area contributed by atoms with Gasteiger partial charge in [0.15, 0.2) is 0 Å². The fraction of sp³-hybridized carbons (Fsp3) is 0.167. The zero-order valence-corrected chi connectivity index (χ0v) is 9.57. The van der Waals surface area contributed by atoms with Crippen molar-refractivity contribution in [2.75, 3.05) is 0 Å². The molecule has 0 radical (unpaired) electrons. The second-order valence-electron chi connectivity index (χ2n) is 3.31. The standard InChI is InChI=1S/C12H10ClN3/c1-2-12-15-6-7-16(12)11-5-3-4-10(13)9(11)8-14/h3-7H,2H2,1H3. The third-order valence-corrected chi connectivity index (χ3v) is 2.71. The first-order valence-electron chi connectivity index (χ1n) is 4.99. The van der Waals surface area contributed by atoms with Crippen LogP contribution < -0.4 is 0 Å². The van der Waals surface area contributed by atoms with E-state index in [2.05, 4.69) is 11.1 Å². The van der Waals surface area contributed by atoms with Gasteiger partial charge in [-0.15, -0.1) is 0 Å². The molecule has 0 amide bonds. The number of halogens is 1. The summed E-state index contributed by atoms with van der Waals surface area (Å²) in [4.78, 5) is 4.23. The molecule has 3 nitrogen and oxygen atoms in total. The molecule has 0 N–H and O–H groups in total. The Kier molecular flexibility index (Phi) is 2.93. The summed E-state index contributed by atoms with van der Waals surface area (Å²) in [5, 5.41) is 9.56. The Labute approximate surface area is 98.9 Å². The normalized spacial score (nSPS) is 10.1. The van der Waals surface area contributed by atoms with Crippen molar-refractivity contribution in [3.8, 4) is 11.8 Å². The van der Waals surface area contributed by atoms with Crippen LogP contribution in [0.25, 0.3) is 5.69 Å². The summed E-state index contributed by atoms with van der Waals surface area (Å²) < 4.78 is 1.89. The fourth-order valence-electron chi connectivity index (χ4n) is 1.64. The van der Waals surface area contributed by atoms with Gasteiger partial charge in [-0.25, -0.2) is 4.98 Å². The molecule has 80 valence electrons. The molecule has 0 unspecified atom stereocenters. The van der Waals surface area contributed by atoms with Crippen LogP contribution in [0.3, 0.4) is 0 Å². The minimum absolute atomic E-state index is 0.468. The van der Waals surface area contributed by atoms with E-state index < -0.39 is 0 Å². The van der Waals surface area contributed by atoms with Gasteiger partial charge in [0, 0.05) is 18.8 Å². The van der Waals surface area contributed by atoms with E-state index in [1.807, 2.05) is 29.8 Å².